The van der Waals surface area contributed by atoms with Crippen LogP contribution in [-0.4, -0.2) is 25.5 Å². The number of rotatable bonds is 5. The summed E-state index contributed by atoms with van der Waals surface area (Å²) < 4.78 is 65.6. The fraction of sp³-hybridized carbons (Fsp3) is 0.667. The molecule has 0 spiro atoms. The van der Waals surface area contributed by atoms with Crippen molar-refractivity contribution in [2.24, 2.45) is 0 Å². The Bertz CT molecular complexity index is 165. The lowest BCUT2D eigenvalue weighted by molar-refractivity contribution is -0.391. The number of halogens is 5. The highest BCUT2D eigenvalue weighted by Gasteiger charge is 2.59. The van der Waals surface area contributed by atoms with Crippen LogP contribution < -0.4 is 0 Å². The van der Waals surface area contributed by atoms with Crippen LogP contribution in [0.2, 0.25) is 0 Å². The Morgan fingerprint density at radius 3 is 2.00 bits per heavy atom. The maximum absolute atomic E-state index is 11.9. The molecule has 0 amide bonds. The molecule has 7 heteroatoms. The zero-order valence-corrected chi connectivity index (χ0v) is 6.40. The standard InChI is InChI=1S/C6H7F5O2/c1-2-12-3-4-13-6(10,11)5(7,8)9/h2H,1,3-4H2. The minimum atomic E-state index is -5.69. The van der Waals surface area contributed by atoms with Gasteiger partial charge in [0.2, 0.25) is 0 Å². The van der Waals surface area contributed by atoms with E-state index < -0.39 is 25.5 Å². The van der Waals surface area contributed by atoms with E-state index in [9.17, 15) is 22.0 Å². The van der Waals surface area contributed by atoms with E-state index in [1.165, 1.54) is 0 Å². The molecule has 78 valence electrons. The lowest BCUT2D eigenvalue weighted by atomic mass is 10.6. The minimum Gasteiger partial charge on any atom is -0.499 e. The second-order valence-corrected chi connectivity index (χ2v) is 1.90. The van der Waals surface area contributed by atoms with Crippen LogP contribution in [0.5, 0.6) is 0 Å². The van der Waals surface area contributed by atoms with Gasteiger partial charge in [-0.1, -0.05) is 6.58 Å². The molecule has 0 fully saturated rings. The molecule has 13 heavy (non-hydrogen) atoms. The van der Waals surface area contributed by atoms with Crippen molar-refractivity contribution in [2.45, 2.75) is 12.3 Å². The van der Waals surface area contributed by atoms with Crippen molar-refractivity contribution >= 4 is 0 Å². The van der Waals surface area contributed by atoms with E-state index in [0.29, 0.717) is 0 Å². The third-order valence-corrected chi connectivity index (χ3v) is 0.932. The summed E-state index contributed by atoms with van der Waals surface area (Å²) in [6.45, 7) is 1.79. The SMILES string of the molecule is C=COCCOC(F)(F)C(F)(F)F. The fourth-order valence-corrected chi connectivity index (χ4v) is 0.383. The molecular weight excluding hydrogens is 199 g/mol. The molecule has 0 aromatic rings. The molecular formula is C6H7F5O2. The van der Waals surface area contributed by atoms with Crippen molar-refractivity contribution in [3.63, 3.8) is 0 Å². The Morgan fingerprint density at radius 2 is 1.62 bits per heavy atom. The monoisotopic (exact) mass is 206 g/mol. The fourth-order valence-electron chi connectivity index (χ4n) is 0.383. The van der Waals surface area contributed by atoms with Crippen LogP contribution >= 0.6 is 0 Å². The highest BCUT2D eigenvalue weighted by molar-refractivity contribution is 4.63. The van der Waals surface area contributed by atoms with Crippen LogP contribution in [0.1, 0.15) is 0 Å². The Morgan fingerprint density at radius 1 is 1.08 bits per heavy atom. The van der Waals surface area contributed by atoms with Gasteiger partial charge in [0.15, 0.2) is 0 Å². The summed E-state index contributed by atoms with van der Waals surface area (Å²) in [5.41, 5.74) is 0. The number of alkyl halides is 5. The summed E-state index contributed by atoms with van der Waals surface area (Å²) >= 11 is 0. The number of hydrogen-bond acceptors (Lipinski definition) is 2. The number of ether oxygens (including phenoxy) is 2. The first kappa shape index (κ1) is 12.2. The Labute approximate surface area is 70.9 Å². The van der Waals surface area contributed by atoms with Gasteiger partial charge in [0.1, 0.15) is 6.61 Å². The molecule has 2 nitrogen and oxygen atoms in total. The van der Waals surface area contributed by atoms with Gasteiger partial charge in [0.25, 0.3) is 0 Å². The lowest BCUT2D eigenvalue weighted by Gasteiger charge is -2.18. The Kier molecular flexibility index (Phi) is 4.12. The zero-order chi connectivity index (χ0) is 10.5. The van der Waals surface area contributed by atoms with Gasteiger partial charge >= 0.3 is 12.3 Å². The summed E-state index contributed by atoms with van der Waals surface area (Å²) in [5.74, 6) is 0. The van der Waals surface area contributed by atoms with E-state index in [2.05, 4.69) is 16.1 Å². The first-order valence-corrected chi connectivity index (χ1v) is 3.12. The Hall–Kier alpha value is -0.850. The van der Waals surface area contributed by atoms with Crippen molar-refractivity contribution in [1.29, 1.82) is 0 Å². The van der Waals surface area contributed by atoms with E-state index in [1.807, 2.05) is 0 Å². The molecule has 0 radical (unpaired) electrons. The molecule has 0 aliphatic carbocycles. The van der Waals surface area contributed by atoms with Gasteiger partial charge in [-0.2, -0.15) is 22.0 Å². The van der Waals surface area contributed by atoms with Crippen molar-refractivity contribution in [1.82, 2.24) is 0 Å². The van der Waals surface area contributed by atoms with Gasteiger partial charge in [-0.25, -0.2) is 0 Å². The molecule has 0 aromatic carbocycles. The predicted octanol–water partition coefficient (Wildman–Crippen LogP) is 2.32. The molecule has 0 N–H and O–H groups in total. The van der Waals surface area contributed by atoms with Crippen LogP contribution in [0.25, 0.3) is 0 Å². The molecule has 0 rings (SSSR count). The van der Waals surface area contributed by atoms with E-state index in [4.69, 9.17) is 0 Å². The van der Waals surface area contributed by atoms with E-state index in [-0.39, 0.29) is 0 Å². The van der Waals surface area contributed by atoms with Crippen molar-refractivity contribution in [3.8, 4) is 0 Å². The third kappa shape index (κ3) is 4.07. The summed E-state index contributed by atoms with van der Waals surface area (Å²) in [5, 5.41) is 0. The van der Waals surface area contributed by atoms with Gasteiger partial charge in [0, 0.05) is 0 Å². The van der Waals surface area contributed by atoms with E-state index >= 15 is 0 Å². The molecule has 0 unspecified atom stereocenters. The molecule has 0 heterocycles. The molecule has 0 aliphatic rings. The maximum atomic E-state index is 11.9. The maximum Gasteiger partial charge on any atom is 0.482 e. The van der Waals surface area contributed by atoms with Crippen LogP contribution in [0, 0.1) is 0 Å². The highest BCUT2D eigenvalue weighted by atomic mass is 19.4. The number of hydrogen-bond donors (Lipinski definition) is 0. The smallest absolute Gasteiger partial charge is 0.482 e. The zero-order valence-electron chi connectivity index (χ0n) is 6.40. The first-order valence-electron chi connectivity index (χ1n) is 3.12. The van der Waals surface area contributed by atoms with Crippen LogP contribution in [0.15, 0.2) is 12.8 Å². The summed E-state index contributed by atoms with van der Waals surface area (Å²) in [4.78, 5) is 0. The minimum absolute atomic E-state index is 0.408. The molecule has 0 saturated heterocycles. The van der Waals surface area contributed by atoms with Crippen molar-refractivity contribution in [2.75, 3.05) is 13.2 Å². The largest absolute Gasteiger partial charge is 0.499 e. The third-order valence-electron chi connectivity index (χ3n) is 0.932. The lowest BCUT2D eigenvalue weighted by Crippen LogP contribution is -2.39. The molecule has 0 bridgehead atoms. The van der Waals surface area contributed by atoms with Crippen LogP contribution in [-0.2, 0) is 9.47 Å². The first-order chi connectivity index (χ1) is 5.81. The second kappa shape index (κ2) is 4.40. The second-order valence-electron chi connectivity index (χ2n) is 1.90. The average Bonchev–Trinajstić information content (AvgIpc) is 1.96. The molecule has 0 atom stereocenters. The van der Waals surface area contributed by atoms with Gasteiger partial charge in [-0.05, 0) is 0 Å². The molecule has 0 aliphatic heterocycles. The summed E-state index contributed by atoms with van der Waals surface area (Å²) in [6.07, 6.45) is -9.91. The van der Waals surface area contributed by atoms with Gasteiger partial charge < -0.3 is 9.47 Å². The van der Waals surface area contributed by atoms with Crippen molar-refractivity contribution < 1.29 is 31.4 Å². The topological polar surface area (TPSA) is 18.5 Å². The van der Waals surface area contributed by atoms with E-state index in [0.717, 1.165) is 6.26 Å². The van der Waals surface area contributed by atoms with E-state index in [1.54, 1.807) is 0 Å². The highest BCUT2D eigenvalue weighted by Crippen LogP contribution is 2.35. The molecule has 0 aromatic heterocycles. The predicted molar refractivity (Wildman–Crippen MR) is 33.1 cm³/mol. The van der Waals surface area contributed by atoms with Crippen molar-refractivity contribution in [3.05, 3.63) is 12.8 Å². The van der Waals surface area contributed by atoms with Crippen LogP contribution in [0.3, 0.4) is 0 Å². The molecule has 0 saturated carbocycles. The Balaban J connectivity index is 3.83. The summed E-state index contributed by atoms with van der Waals surface area (Å²) in [6, 6.07) is 0. The quantitative estimate of drug-likeness (QED) is 0.390. The average molecular weight is 206 g/mol. The van der Waals surface area contributed by atoms with Gasteiger partial charge in [-0.3, -0.25) is 0 Å². The summed E-state index contributed by atoms with van der Waals surface area (Å²) in [7, 11) is 0. The van der Waals surface area contributed by atoms with Crippen LogP contribution in [0.4, 0.5) is 22.0 Å². The van der Waals surface area contributed by atoms with Gasteiger partial charge in [-0.15, -0.1) is 0 Å². The van der Waals surface area contributed by atoms with Gasteiger partial charge in [0.05, 0.1) is 12.9 Å². The normalized spacial score (nSPS) is 12.7.